The highest BCUT2D eigenvalue weighted by atomic mass is 79.9. The lowest BCUT2D eigenvalue weighted by molar-refractivity contribution is 0.476. The van der Waals surface area contributed by atoms with Crippen LogP contribution in [0.2, 0.25) is 5.02 Å². The minimum Gasteiger partial charge on any atom is -0.454 e. The number of anilines is 1. The third-order valence-corrected chi connectivity index (χ3v) is 2.98. The van der Waals surface area contributed by atoms with Gasteiger partial charge in [-0.2, -0.15) is 0 Å². The summed E-state index contributed by atoms with van der Waals surface area (Å²) in [6.45, 7) is 0. The van der Waals surface area contributed by atoms with Crippen LogP contribution in [0.25, 0.3) is 0 Å². The molecule has 2 rings (SSSR count). The molecule has 2 N–H and O–H groups in total. The Bertz CT molecular complexity index is 562. The molecular formula is C12H8BrClFNO. The lowest BCUT2D eigenvalue weighted by Gasteiger charge is -2.10. The van der Waals surface area contributed by atoms with Crippen molar-refractivity contribution >= 4 is 33.2 Å². The van der Waals surface area contributed by atoms with Crippen molar-refractivity contribution in [2.24, 2.45) is 0 Å². The Kier molecular flexibility index (Phi) is 3.54. The second-order valence-corrected chi connectivity index (χ2v) is 4.65. The first-order valence-corrected chi connectivity index (χ1v) is 5.91. The molecule has 0 amide bonds. The normalized spacial score (nSPS) is 10.3. The van der Waals surface area contributed by atoms with Crippen LogP contribution in [-0.2, 0) is 0 Å². The quantitative estimate of drug-likeness (QED) is 0.821. The first-order valence-electron chi connectivity index (χ1n) is 4.74. The summed E-state index contributed by atoms with van der Waals surface area (Å²) >= 11 is 9.04. The molecule has 0 atom stereocenters. The van der Waals surface area contributed by atoms with Crippen molar-refractivity contribution in [3.63, 3.8) is 0 Å². The van der Waals surface area contributed by atoms with Gasteiger partial charge in [0.1, 0.15) is 17.3 Å². The standard InChI is InChI=1S/C12H8BrClFNO/c13-9-3-2-8(15)6-12(9)17-11-4-1-7(14)5-10(11)16/h1-6H,16H2. The van der Waals surface area contributed by atoms with Gasteiger partial charge in [-0.05, 0) is 46.3 Å². The lowest BCUT2D eigenvalue weighted by Crippen LogP contribution is -1.93. The van der Waals surface area contributed by atoms with E-state index in [0.29, 0.717) is 26.7 Å². The summed E-state index contributed by atoms with van der Waals surface area (Å²) in [5.74, 6) is 0.412. The molecule has 5 heteroatoms. The third kappa shape index (κ3) is 2.90. The van der Waals surface area contributed by atoms with Crippen LogP contribution in [0, 0.1) is 5.82 Å². The van der Waals surface area contributed by atoms with Gasteiger partial charge in [-0.15, -0.1) is 0 Å². The van der Waals surface area contributed by atoms with Crippen LogP contribution >= 0.6 is 27.5 Å². The zero-order valence-corrected chi connectivity index (χ0v) is 10.9. The first-order chi connectivity index (χ1) is 8.06. The van der Waals surface area contributed by atoms with E-state index < -0.39 is 0 Å². The van der Waals surface area contributed by atoms with Gasteiger partial charge in [0.15, 0.2) is 0 Å². The molecule has 0 spiro atoms. The molecule has 2 aromatic rings. The predicted octanol–water partition coefficient (Wildman–Crippen LogP) is 4.62. The Balaban J connectivity index is 2.34. The largest absolute Gasteiger partial charge is 0.454 e. The predicted molar refractivity (Wildman–Crippen MR) is 70.0 cm³/mol. The Morgan fingerprint density at radius 1 is 1.12 bits per heavy atom. The summed E-state index contributed by atoms with van der Waals surface area (Å²) in [4.78, 5) is 0. The topological polar surface area (TPSA) is 35.2 Å². The van der Waals surface area contributed by atoms with E-state index >= 15 is 0 Å². The molecule has 0 radical (unpaired) electrons. The number of halogens is 3. The van der Waals surface area contributed by atoms with Gasteiger partial charge in [0.2, 0.25) is 0 Å². The summed E-state index contributed by atoms with van der Waals surface area (Å²) in [6.07, 6.45) is 0. The lowest BCUT2D eigenvalue weighted by atomic mass is 10.3. The second-order valence-electron chi connectivity index (χ2n) is 3.36. The molecule has 17 heavy (non-hydrogen) atoms. The highest BCUT2D eigenvalue weighted by Gasteiger charge is 2.07. The number of hydrogen-bond acceptors (Lipinski definition) is 2. The molecule has 2 nitrogen and oxygen atoms in total. The fourth-order valence-electron chi connectivity index (χ4n) is 1.29. The van der Waals surface area contributed by atoms with Gasteiger partial charge in [-0.25, -0.2) is 4.39 Å². The summed E-state index contributed by atoms with van der Waals surface area (Å²) in [6, 6.07) is 9.04. The molecule has 2 aromatic carbocycles. The van der Waals surface area contributed by atoms with Crippen LogP contribution in [-0.4, -0.2) is 0 Å². The minimum absolute atomic E-state index is 0.360. The molecule has 0 fully saturated rings. The monoisotopic (exact) mass is 315 g/mol. The average Bonchev–Trinajstić information content (AvgIpc) is 2.27. The summed E-state index contributed by atoms with van der Waals surface area (Å²) in [5.41, 5.74) is 6.14. The molecule has 88 valence electrons. The molecule has 0 heterocycles. The maximum Gasteiger partial charge on any atom is 0.150 e. The molecule has 0 saturated carbocycles. The number of hydrogen-bond donors (Lipinski definition) is 1. The van der Waals surface area contributed by atoms with E-state index in [-0.39, 0.29) is 5.82 Å². The van der Waals surface area contributed by atoms with Gasteiger partial charge in [0, 0.05) is 11.1 Å². The second kappa shape index (κ2) is 4.94. The Labute approximate surface area is 111 Å². The fourth-order valence-corrected chi connectivity index (χ4v) is 1.79. The van der Waals surface area contributed by atoms with Gasteiger partial charge in [-0.1, -0.05) is 11.6 Å². The first kappa shape index (κ1) is 12.2. The van der Waals surface area contributed by atoms with E-state index in [2.05, 4.69) is 15.9 Å². The van der Waals surface area contributed by atoms with Crippen molar-refractivity contribution in [3.05, 3.63) is 51.7 Å². The SMILES string of the molecule is Nc1cc(Cl)ccc1Oc1cc(F)ccc1Br. The zero-order chi connectivity index (χ0) is 12.4. The Morgan fingerprint density at radius 3 is 2.59 bits per heavy atom. The van der Waals surface area contributed by atoms with Crippen LogP contribution in [0.15, 0.2) is 40.9 Å². The number of nitrogen functional groups attached to an aromatic ring is 1. The number of rotatable bonds is 2. The van der Waals surface area contributed by atoms with E-state index in [4.69, 9.17) is 22.1 Å². The molecule has 0 aliphatic rings. The number of nitrogens with two attached hydrogens (primary N) is 1. The van der Waals surface area contributed by atoms with E-state index in [1.54, 1.807) is 24.3 Å². The van der Waals surface area contributed by atoms with Crippen LogP contribution in [0.4, 0.5) is 10.1 Å². The van der Waals surface area contributed by atoms with Gasteiger partial charge in [-0.3, -0.25) is 0 Å². The van der Waals surface area contributed by atoms with E-state index in [1.807, 2.05) is 0 Å². The smallest absolute Gasteiger partial charge is 0.150 e. The summed E-state index contributed by atoms with van der Waals surface area (Å²) in [5, 5.41) is 0.521. The van der Waals surface area contributed by atoms with E-state index in [9.17, 15) is 4.39 Å². The van der Waals surface area contributed by atoms with Crippen molar-refractivity contribution in [3.8, 4) is 11.5 Å². The van der Waals surface area contributed by atoms with Crippen LogP contribution in [0.5, 0.6) is 11.5 Å². The van der Waals surface area contributed by atoms with Crippen molar-refractivity contribution in [2.45, 2.75) is 0 Å². The van der Waals surface area contributed by atoms with Crippen LogP contribution in [0.3, 0.4) is 0 Å². The van der Waals surface area contributed by atoms with Gasteiger partial charge in [0.05, 0.1) is 10.2 Å². The van der Waals surface area contributed by atoms with Crippen molar-refractivity contribution < 1.29 is 9.13 Å². The van der Waals surface area contributed by atoms with Crippen LogP contribution in [0.1, 0.15) is 0 Å². The molecular weight excluding hydrogens is 308 g/mol. The molecule has 0 aliphatic carbocycles. The van der Waals surface area contributed by atoms with Crippen molar-refractivity contribution in [1.82, 2.24) is 0 Å². The van der Waals surface area contributed by atoms with Gasteiger partial charge >= 0.3 is 0 Å². The maximum absolute atomic E-state index is 13.1. The minimum atomic E-state index is -0.379. The molecule has 0 saturated heterocycles. The number of benzene rings is 2. The Morgan fingerprint density at radius 2 is 1.88 bits per heavy atom. The maximum atomic E-state index is 13.1. The zero-order valence-electron chi connectivity index (χ0n) is 8.58. The Hall–Kier alpha value is -1.26. The van der Waals surface area contributed by atoms with Crippen LogP contribution < -0.4 is 10.5 Å². The average molecular weight is 317 g/mol. The van der Waals surface area contributed by atoms with Gasteiger partial charge in [0.25, 0.3) is 0 Å². The molecule has 0 aromatic heterocycles. The summed E-state index contributed by atoms with van der Waals surface area (Å²) < 4.78 is 19.2. The highest BCUT2D eigenvalue weighted by molar-refractivity contribution is 9.10. The van der Waals surface area contributed by atoms with Gasteiger partial charge < -0.3 is 10.5 Å². The van der Waals surface area contributed by atoms with E-state index in [1.165, 1.54) is 12.1 Å². The molecule has 0 unspecified atom stereocenters. The number of ether oxygens (including phenoxy) is 1. The van der Waals surface area contributed by atoms with Crippen molar-refractivity contribution in [1.29, 1.82) is 0 Å². The molecule has 0 aliphatic heterocycles. The van der Waals surface area contributed by atoms with E-state index in [0.717, 1.165) is 0 Å². The highest BCUT2D eigenvalue weighted by Crippen LogP contribution is 2.34. The van der Waals surface area contributed by atoms with Crippen molar-refractivity contribution in [2.75, 3.05) is 5.73 Å². The fraction of sp³-hybridized carbons (Fsp3) is 0. The summed E-state index contributed by atoms with van der Waals surface area (Å²) in [7, 11) is 0. The third-order valence-electron chi connectivity index (χ3n) is 2.08. The molecule has 0 bridgehead atoms.